The molecule has 0 amide bonds. The van der Waals surface area contributed by atoms with Crippen molar-refractivity contribution >= 4 is 55.5 Å². The highest BCUT2D eigenvalue weighted by molar-refractivity contribution is 7.89. The van der Waals surface area contributed by atoms with Crippen molar-refractivity contribution in [1.82, 2.24) is 4.57 Å². The van der Waals surface area contributed by atoms with Crippen molar-refractivity contribution in [3.8, 4) is 16.1 Å². The molecule has 2 aromatic heterocycles. The summed E-state index contributed by atoms with van der Waals surface area (Å²) < 4.78 is 18.0. The average Bonchev–Trinajstić information content (AvgIpc) is 3.62. The van der Waals surface area contributed by atoms with Crippen LogP contribution in [0.5, 0.6) is 0 Å². The number of fused-ring (bicyclic) bond motifs is 3. The van der Waals surface area contributed by atoms with E-state index in [1.165, 1.54) is 21.8 Å². The second-order valence-corrected chi connectivity index (χ2v) is 13.5. The molecule has 0 saturated carbocycles. The summed E-state index contributed by atoms with van der Waals surface area (Å²) in [4.78, 5) is 1.11. The summed E-state index contributed by atoms with van der Waals surface area (Å²) in [6.45, 7) is 0. The number of hydrogen-bond acceptors (Lipinski definition) is 2. The lowest BCUT2D eigenvalue weighted by Gasteiger charge is -2.17. The molecule has 0 atom stereocenters. The van der Waals surface area contributed by atoms with Gasteiger partial charge >= 0.3 is 0 Å². The lowest BCUT2D eigenvalue weighted by Crippen LogP contribution is -2.22. The van der Waals surface area contributed by atoms with Crippen LogP contribution in [0, 0.1) is 0 Å². The molecule has 2 heterocycles. The van der Waals surface area contributed by atoms with Gasteiger partial charge in [-0.3, -0.25) is 0 Å². The Labute approximate surface area is 225 Å². The number of nitrogens with zero attached hydrogens (tertiary/aromatic N) is 1. The van der Waals surface area contributed by atoms with Crippen LogP contribution in [0.2, 0.25) is 0 Å². The normalized spacial score (nSPS) is 11.8. The van der Waals surface area contributed by atoms with Crippen LogP contribution in [0.4, 0.5) is 0 Å². The number of aromatic nitrogens is 1. The van der Waals surface area contributed by atoms with E-state index in [4.69, 9.17) is 0 Å². The van der Waals surface area contributed by atoms with E-state index in [-0.39, 0.29) is 0 Å². The lowest BCUT2D eigenvalue weighted by atomic mass is 10.1. The van der Waals surface area contributed by atoms with Crippen molar-refractivity contribution < 1.29 is 4.57 Å². The van der Waals surface area contributed by atoms with Crippen LogP contribution in [0.15, 0.2) is 146 Å². The molecule has 0 fully saturated rings. The molecular formula is C34H24NOPS. The zero-order valence-corrected chi connectivity index (χ0v) is 22.3. The largest absolute Gasteiger partial charge is 0.309 e. The lowest BCUT2D eigenvalue weighted by molar-refractivity contribution is 0.593. The van der Waals surface area contributed by atoms with Crippen LogP contribution < -0.4 is 15.2 Å². The van der Waals surface area contributed by atoms with E-state index in [1.807, 2.05) is 66.7 Å². The van der Waals surface area contributed by atoms with Crippen LogP contribution >= 0.6 is 18.5 Å². The quantitative estimate of drug-likeness (QED) is 0.208. The first-order valence-electron chi connectivity index (χ1n) is 12.6. The second-order valence-electron chi connectivity index (χ2n) is 9.33. The van der Waals surface area contributed by atoms with E-state index in [0.717, 1.165) is 31.4 Å². The molecule has 182 valence electrons. The van der Waals surface area contributed by atoms with Gasteiger partial charge in [-0.05, 0) is 42.0 Å². The molecule has 2 nitrogen and oxygen atoms in total. The molecular weight excluding hydrogens is 501 g/mol. The van der Waals surface area contributed by atoms with Crippen LogP contribution in [-0.2, 0) is 4.57 Å². The molecule has 0 spiro atoms. The molecule has 0 saturated heterocycles. The van der Waals surface area contributed by atoms with E-state index in [2.05, 4.69) is 83.4 Å². The molecule has 0 unspecified atom stereocenters. The molecule has 38 heavy (non-hydrogen) atoms. The van der Waals surface area contributed by atoms with Crippen LogP contribution in [0.3, 0.4) is 0 Å². The molecule has 0 aliphatic heterocycles. The van der Waals surface area contributed by atoms with Gasteiger partial charge in [0.2, 0.25) is 0 Å². The number of para-hydroxylation sites is 2. The highest BCUT2D eigenvalue weighted by atomic mass is 32.1. The first kappa shape index (κ1) is 23.0. The first-order chi connectivity index (χ1) is 18.7. The fourth-order valence-electron chi connectivity index (χ4n) is 5.31. The molecule has 5 aromatic carbocycles. The first-order valence-corrected chi connectivity index (χ1v) is 15.2. The SMILES string of the molecule is O=P(c1ccccc1)(c1ccccc1)c1ccc(-c2ccc(-n3c4ccccc4c4ccccc43)cc2)s1. The third-order valence-electron chi connectivity index (χ3n) is 7.13. The fraction of sp³-hybridized carbons (Fsp3) is 0. The van der Waals surface area contributed by atoms with E-state index in [0.29, 0.717) is 0 Å². The number of rotatable bonds is 5. The predicted octanol–water partition coefficient (Wildman–Crippen LogP) is 8.15. The molecule has 0 aliphatic carbocycles. The predicted molar refractivity (Wildman–Crippen MR) is 163 cm³/mol. The van der Waals surface area contributed by atoms with Gasteiger partial charge in [0.25, 0.3) is 0 Å². The Bertz CT molecular complexity index is 1840. The monoisotopic (exact) mass is 525 g/mol. The highest BCUT2D eigenvalue weighted by Crippen LogP contribution is 2.45. The Hall–Kier alpha value is -4.17. The molecule has 7 aromatic rings. The number of hydrogen-bond donors (Lipinski definition) is 0. The summed E-state index contributed by atoms with van der Waals surface area (Å²) in [6, 6.07) is 49.7. The van der Waals surface area contributed by atoms with Crippen LogP contribution in [0.25, 0.3) is 37.9 Å². The summed E-state index contributed by atoms with van der Waals surface area (Å²) >= 11 is 1.62. The second kappa shape index (κ2) is 9.29. The Kier molecular flexibility index (Phi) is 5.62. The van der Waals surface area contributed by atoms with Gasteiger partial charge < -0.3 is 9.13 Å². The standard InChI is InChI=1S/C34H24NOPS/c36-37(27-11-3-1-4-12-27,28-13-5-2-6-14-28)34-24-23-33(38-34)25-19-21-26(22-20-25)35-31-17-9-7-15-29(31)30-16-8-10-18-32(30)35/h1-24H. The van der Waals surface area contributed by atoms with Crippen molar-refractivity contribution in [1.29, 1.82) is 0 Å². The highest BCUT2D eigenvalue weighted by Gasteiger charge is 2.31. The van der Waals surface area contributed by atoms with Crippen LogP contribution in [-0.4, -0.2) is 4.57 Å². The Balaban J connectivity index is 1.30. The van der Waals surface area contributed by atoms with E-state index in [1.54, 1.807) is 11.3 Å². The molecule has 0 radical (unpaired) electrons. The van der Waals surface area contributed by atoms with Gasteiger partial charge in [-0.2, -0.15) is 0 Å². The molecule has 0 bridgehead atoms. The Morgan fingerprint density at radius 1 is 0.500 bits per heavy atom. The minimum absolute atomic E-state index is 0.862. The van der Waals surface area contributed by atoms with Gasteiger partial charge in [-0.1, -0.05) is 109 Å². The van der Waals surface area contributed by atoms with E-state index < -0.39 is 7.14 Å². The topological polar surface area (TPSA) is 22.0 Å². The van der Waals surface area contributed by atoms with E-state index in [9.17, 15) is 4.57 Å². The van der Waals surface area contributed by atoms with Crippen molar-refractivity contribution in [3.63, 3.8) is 0 Å². The van der Waals surface area contributed by atoms with Gasteiger partial charge in [0.1, 0.15) is 0 Å². The average molecular weight is 526 g/mol. The van der Waals surface area contributed by atoms with Crippen molar-refractivity contribution in [2.24, 2.45) is 0 Å². The summed E-state index contributed by atoms with van der Waals surface area (Å²) in [5.74, 6) is 0. The fourth-order valence-corrected chi connectivity index (χ4v) is 9.78. The van der Waals surface area contributed by atoms with Gasteiger partial charge in [0, 0.05) is 31.9 Å². The molecule has 0 N–H and O–H groups in total. The van der Waals surface area contributed by atoms with E-state index >= 15 is 0 Å². The maximum Gasteiger partial charge on any atom is 0.180 e. The third kappa shape index (κ3) is 3.67. The summed E-state index contributed by atoms with van der Waals surface area (Å²) in [5.41, 5.74) is 4.65. The van der Waals surface area contributed by atoms with Gasteiger partial charge in [-0.25, -0.2) is 0 Å². The zero-order chi connectivity index (χ0) is 25.5. The van der Waals surface area contributed by atoms with Crippen molar-refractivity contribution in [3.05, 3.63) is 146 Å². The maximum atomic E-state index is 14.7. The Morgan fingerprint density at radius 2 is 1.00 bits per heavy atom. The minimum Gasteiger partial charge on any atom is -0.309 e. The molecule has 7 rings (SSSR count). The number of benzene rings is 5. The van der Waals surface area contributed by atoms with Crippen molar-refractivity contribution in [2.75, 3.05) is 0 Å². The smallest absolute Gasteiger partial charge is 0.180 e. The molecule has 0 aliphatic rings. The maximum absolute atomic E-state index is 14.7. The third-order valence-corrected chi connectivity index (χ3v) is 11.9. The van der Waals surface area contributed by atoms with Gasteiger partial charge in [-0.15, -0.1) is 11.3 Å². The Morgan fingerprint density at radius 3 is 1.55 bits per heavy atom. The number of thiophene rings is 1. The van der Waals surface area contributed by atoms with Crippen LogP contribution in [0.1, 0.15) is 0 Å². The molecule has 4 heteroatoms. The minimum atomic E-state index is -2.97. The summed E-state index contributed by atoms with van der Waals surface area (Å²) in [6.07, 6.45) is 0. The van der Waals surface area contributed by atoms with Gasteiger partial charge in [0.15, 0.2) is 7.14 Å². The summed E-state index contributed by atoms with van der Waals surface area (Å²) in [5, 5.41) is 4.24. The zero-order valence-electron chi connectivity index (χ0n) is 20.6. The summed E-state index contributed by atoms with van der Waals surface area (Å²) in [7, 11) is -2.97. The van der Waals surface area contributed by atoms with Gasteiger partial charge in [0.05, 0.1) is 15.7 Å². The van der Waals surface area contributed by atoms with Crippen molar-refractivity contribution in [2.45, 2.75) is 0 Å².